The molecular weight excluding hydrogens is 184 g/mol. The Kier molecular flexibility index (Phi) is 2.36. The minimum absolute atomic E-state index is 0.0307. The van der Waals surface area contributed by atoms with E-state index < -0.39 is 0 Å². The Labute approximate surface area is 81.8 Å². The van der Waals surface area contributed by atoms with Crippen LogP contribution >= 0.6 is 11.3 Å². The number of thiazole rings is 1. The number of rotatable bonds is 2. The first-order chi connectivity index (χ1) is 6.27. The van der Waals surface area contributed by atoms with Crippen LogP contribution in [0.25, 0.3) is 0 Å². The molecule has 1 fully saturated rings. The summed E-state index contributed by atoms with van der Waals surface area (Å²) in [6.07, 6.45) is 2.89. The molecule has 13 heavy (non-hydrogen) atoms. The molecule has 0 aliphatic carbocycles. The molecule has 4 heteroatoms. The van der Waals surface area contributed by atoms with Gasteiger partial charge in [-0.15, -0.1) is 11.3 Å². The minimum atomic E-state index is 0.0307. The molecule has 0 aromatic carbocycles. The van der Waals surface area contributed by atoms with Crippen LogP contribution in [-0.4, -0.2) is 29.3 Å². The number of hydrogen-bond acceptors (Lipinski definition) is 4. The highest BCUT2D eigenvalue weighted by atomic mass is 32.1. The van der Waals surface area contributed by atoms with Gasteiger partial charge in [-0.2, -0.15) is 0 Å². The molecule has 2 heterocycles. The summed E-state index contributed by atoms with van der Waals surface area (Å²) in [4.78, 5) is 4.34. The SMILES string of the molecule is CC1(c2nccs2)CCNC1CO. The second-order valence-electron chi connectivity index (χ2n) is 3.69. The molecule has 0 spiro atoms. The maximum Gasteiger partial charge on any atom is 0.100 e. The molecule has 1 aliphatic rings. The van der Waals surface area contributed by atoms with Gasteiger partial charge in [-0.25, -0.2) is 4.98 Å². The number of aliphatic hydroxyl groups is 1. The molecule has 3 nitrogen and oxygen atoms in total. The molecule has 72 valence electrons. The molecule has 1 aromatic heterocycles. The third-order valence-corrected chi connectivity index (χ3v) is 3.96. The van der Waals surface area contributed by atoms with Gasteiger partial charge in [0.2, 0.25) is 0 Å². The smallest absolute Gasteiger partial charge is 0.100 e. The van der Waals surface area contributed by atoms with Crippen molar-refractivity contribution in [3.63, 3.8) is 0 Å². The van der Waals surface area contributed by atoms with Crippen LogP contribution in [-0.2, 0) is 5.41 Å². The second-order valence-corrected chi connectivity index (χ2v) is 4.59. The number of hydrogen-bond donors (Lipinski definition) is 2. The van der Waals surface area contributed by atoms with Crippen molar-refractivity contribution in [2.24, 2.45) is 0 Å². The summed E-state index contributed by atoms with van der Waals surface area (Å²) < 4.78 is 0. The Morgan fingerprint density at radius 1 is 1.85 bits per heavy atom. The highest BCUT2D eigenvalue weighted by Gasteiger charge is 2.41. The lowest BCUT2D eigenvalue weighted by atomic mass is 9.83. The Morgan fingerprint density at radius 2 is 2.69 bits per heavy atom. The number of nitrogens with one attached hydrogen (secondary N) is 1. The standard InChI is InChI=1S/C9H14N2OS/c1-9(8-11-4-5-13-8)2-3-10-7(9)6-12/h4-5,7,10,12H,2-3,6H2,1H3. The average Bonchev–Trinajstić information content (AvgIpc) is 2.72. The van der Waals surface area contributed by atoms with E-state index in [1.165, 1.54) is 0 Å². The van der Waals surface area contributed by atoms with E-state index in [-0.39, 0.29) is 18.1 Å². The number of aromatic nitrogens is 1. The fraction of sp³-hybridized carbons (Fsp3) is 0.667. The van der Waals surface area contributed by atoms with Gasteiger partial charge in [0.1, 0.15) is 5.01 Å². The Morgan fingerprint density at radius 3 is 3.31 bits per heavy atom. The first-order valence-electron chi connectivity index (χ1n) is 4.51. The second kappa shape index (κ2) is 3.36. The van der Waals surface area contributed by atoms with Crippen LogP contribution in [0.1, 0.15) is 18.4 Å². The third kappa shape index (κ3) is 1.39. The van der Waals surface area contributed by atoms with Crippen molar-refractivity contribution in [1.29, 1.82) is 0 Å². The van der Waals surface area contributed by atoms with E-state index >= 15 is 0 Å². The average molecular weight is 198 g/mol. The topological polar surface area (TPSA) is 45.2 Å². The van der Waals surface area contributed by atoms with Gasteiger partial charge in [0, 0.05) is 23.0 Å². The number of nitrogens with zero attached hydrogens (tertiary/aromatic N) is 1. The Balaban J connectivity index is 2.29. The zero-order valence-electron chi connectivity index (χ0n) is 7.66. The fourth-order valence-corrected chi connectivity index (χ4v) is 2.82. The molecule has 2 rings (SSSR count). The summed E-state index contributed by atoms with van der Waals surface area (Å²) in [6.45, 7) is 3.34. The zero-order valence-corrected chi connectivity index (χ0v) is 8.47. The van der Waals surface area contributed by atoms with E-state index in [1.807, 2.05) is 11.6 Å². The molecule has 1 aromatic rings. The van der Waals surface area contributed by atoms with Crippen LogP contribution in [0.3, 0.4) is 0 Å². The number of aliphatic hydroxyl groups excluding tert-OH is 1. The van der Waals surface area contributed by atoms with E-state index in [0.717, 1.165) is 18.0 Å². The lowest BCUT2D eigenvalue weighted by Gasteiger charge is -2.27. The summed E-state index contributed by atoms with van der Waals surface area (Å²) in [6, 6.07) is 0.165. The fourth-order valence-electron chi connectivity index (χ4n) is 1.93. The van der Waals surface area contributed by atoms with Crippen LogP contribution in [0.15, 0.2) is 11.6 Å². The Bertz CT molecular complexity index is 275. The predicted molar refractivity (Wildman–Crippen MR) is 53.0 cm³/mol. The minimum Gasteiger partial charge on any atom is -0.395 e. The van der Waals surface area contributed by atoms with E-state index in [9.17, 15) is 5.11 Å². The van der Waals surface area contributed by atoms with Gasteiger partial charge in [0.25, 0.3) is 0 Å². The van der Waals surface area contributed by atoms with Gasteiger partial charge in [0.05, 0.1) is 6.61 Å². The first kappa shape index (κ1) is 9.12. The van der Waals surface area contributed by atoms with Crippen molar-refractivity contribution in [3.8, 4) is 0 Å². The highest BCUT2D eigenvalue weighted by molar-refractivity contribution is 7.09. The van der Waals surface area contributed by atoms with Crippen molar-refractivity contribution in [3.05, 3.63) is 16.6 Å². The zero-order chi connectivity index (χ0) is 9.31. The summed E-state index contributed by atoms with van der Waals surface area (Å²) in [5.74, 6) is 0. The molecule has 2 N–H and O–H groups in total. The quantitative estimate of drug-likeness (QED) is 0.737. The lowest BCUT2D eigenvalue weighted by Crippen LogP contribution is -2.40. The molecule has 0 radical (unpaired) electrons. The molecule has 0 saturated carbocycles. The van der Waals surface area contributed by atoms with Crippen LogP contribution in [0.5, 0.6) is 0 Å². The van der Waals surface area contributed by atoms with Gasteiger partial charge >= 0.3 is 0 Å². The monoisotopic (exact) mass is 198 g/mol. The van der Waals surface area contributed by atoms with Gasteiger partial charge in [-0.1, -0.05) is 6.92 Å². The van der Waals surface area contributed by atoms with E-state index in [2.05, 4.69) is 17.2 Å². The first-order valence-corrected chi connectivity index (χ1v) is 5.39. The molecule has 1 aliphatic heterocycles. The van der Waals surface area contributed by atoms with Gasteiger partial charge in [-0.3, -0.25) is 0 Å². The summed E-state index contributed by atoms with van der Waals surface area (Å²) >= 11 is 1.68. The van der Waals surface area contributed by atoms with Gasteiger partial charge in [0.15, 0.2) is 0 Å². The van der Waals surface area contributed by atoms with Gasteiger partial charge in [-0.05, 0) is 13.0 Å². The van der Waals surface area contributed by atoms with E-state index in [4.69, 9.17) is 0 Å². The summed E-state index contributed by atoms with van der Waals surface area (Å²) in [5.41, 5.74) is 0.0307. The molecule has 0 amide bonds. The van der Waals surface area contributed by atoms with E-state index in [1.54, 1.807) is 11.3 Å². The van der Waals surface area contributed by atoms with Crippen molar-refractivity contribution in [2.75, 3.05) is 13.2 Å². The summed E-state index contributed by atoms with van der Waals surface area (Å²) in [7, 11) is 0. The molecule has 2 unspecified atom stereocenters. The van der Waals surface area contributed by atoms with Crippen molar-refractivity contribution >= 4 is 11.3 Å². The van der Waals surface area contributed by atoms with Crippen molar-refractivity contribution in [1.82, 2.24) is 10.3 Å². The van der Waals surface area contributed by atoms with Crippen molar-refractivity contribution in [2.45, 2.75) is 24.8 Å². The largest absolute Gasteiger partial charge is 0.395 e. The Hall–Kier alpha value is -0.450. The lowest BCUT2D eigenvalue weighted by molar-refractivity contribution is 0.215. The maximum absolute atomic E-state index is 9.21. The predicted octanol–water partition coefficient (Wildman–Crippen LogP) is 0.755. The van der Waals surface area contributed by atoms with Crippen LogP contribution < -0.4 is 5.32 Å². The maximum atomic E-state index is 9.21. The van der Waals surface area contributed by atoms with Crippen LogP contribution in [0.4, 0.5) is 0 Å². The van der Waals surface area contributed by atoms with Crippen molar-refractivity contribution < 1.29 is 5.11 Å². The molecule has 1 saturated heterocycles. The van der Waals surface area contributed by atoms with Gasteiger partial charge < -0.3 is 10.4 Å². The van der Waals surface area contributed by atoms with Crippen LogP contribution in [0.2, 0.25) is 0 Å². The summed E-state index contributed by atoms with van der Waals surface area (Å²) in [5, 5.41) is 15.6. The highest BCUT2D eigenvalue weighted by Crippen LogP contribution is 2.35. The van der Waals surface area contributed by atoms with E-state index in [0.29, 0.717) is 0 Å². The van der Waals surface area contributed by atoms with Crippen LogP contribution in [0, 0.1) is 0 Å². The normalized spacial score (nSPS) is 33.8. The molecule has 2 atom stereocenters. The third-order valence-electron chi connectivity index (χ3n) is 2.91. The molecule has 0 bridgehead atoms. The molecular formula is C9H14N2OS.